The van der Waals surface area contributed by atoms with Crippen LogP contribution in [0.2, 0.25) is 5.02 Å². The monoisotopic (exact) mass is 740 g/mol. The number of hydrogen-bond donors (Lipinski definition) is 1. The number of nitrogens with two attached hydrogens (primary N) is 1. The highest BCUT2D eigenvalue weighted by molar-refractivity contribution is 6.32. The molecule has 0 spiro atoms. The van der Waals surface area contributed by atoms with Gasteiger partial charge in [0, 0.05) is 24.1 Å². The van der Waals surface area contributed by atoms with E-state index in [0.29, 0.717) is 11.6 Å². The molecule has 3 heterocycles. The van der Waals surface area contributed by atoms with Gasteiger partial charge in [-0.05, 0) is 53.5 Å². The van der Waals surface area contributed by atoms with Crippen LogP contribution in [0.25, 0.3) is 16.8 Å². The lowest BCUT2D eigenvalue weighted by Crippen LogP contribution is -2.47. The summed E-state index contributed by atoms with van der Waals surface area (Å²) >= 11 is 6.46. The number of halogens is 5. The first-order chi connectivity index (χ1) is 24.6. The van der Waals surface area contributed by atoms with Gasteiger partial charge in [-0.15, -0.1) is 0 Å². The third-order valence-electron chi connectivity index (χ3n) is 9.56. The Balaban J connectivity index is 1.26. The Labute approximate surface area is 301 Å². The van der Waals surface area contributed by atoms with Crippen molar-refractivity contribution in [3.63, 3.8) is 0 Å². The van der Waals surface area contributed by atoms with Gasteiger partial charge >= 0.3 is 5.97 Å². The van der Waals surface area contributed by atoms with Crippen molar-refractivity contribution in [1.82, 2.24) is 29.4 Å². The van der Waals surface area contributed by atoms with Crippen molar-refractivity contribution in [2.75, 3.05) is 6.61 Å². The molecule has 52 heavy (non-hydrogen) atoms. The van der Waals surface area contributed by atoms with E-state index in [1.807, 2.05) is 55.9 Å². The lowest BCUT2D eigenvalue weighted by Gasteiger charge is -2.35. The second-order valence-corrected chi connectivity index (χ2v) is 15.3. The molecule has 2 saturated carbocycles. The topological polar surface area (TPSA) is 134 Å². The number of aromatic nitrogens is 5. The van der Waals surface area contributed by atoms with Gasteiger partial charge in [0.15, 0.2) is 17.3 Å². The number of amides is 1. The number of aliphatic imine (C=N–C) groups is 1. The summed E-state index contributed by atoms with van der Waals surface area (Å²) in [5.74, 6) is -6.32. The standard InChI is InChI=1S/C36H37ClF4N8O3/c1-34(2,3)18-35(23-7-4-20(5-8-23)22-15-44-47(16-22)25-9-10-25)32(51)48(33(42)46-35)28(17-52-29(50)13-24-14-36(24,40)41)21-6-11-26(37)27(12-21)49-31(30(38)39)43-19-45-49/h4-8,11-12,15-16,19,24-25,28,30H,9-10,13-14,17-18H2,1-3H3,(H2,42,46)/t24-,28+,35+/m0/s1. The third kappa shape index (κ3) is 6.89. The first-order valence-electron chi connectivity index (χ1n) is 16.9. The Bertz CT molecular complexity index is 2040. The van der Waals surface area contributed by atoms with Crippen molar-refractivity contribution >= 4 is 29.4 Å². The molecule has 0 bridgehead atoms. The Morgan fingerprint density at radius 2 is 1.81 bits per heavy atom. The average molecular weight is 741 g/mol. The van der Waals surface area contributed by atoms with Crippen LogP contribution in [0, 0.1) is 11.3 Å². The summed E-state index contributed by atoms with van der Waals surface area (Å²) in [6, 6.07) is 11.1. The predicted molar refractivity (Wildman–Crippen MR) is 183 cm³/mol. The van der Waals surface area contributed by atoms with Crippen LogP contribution in [0.1, 0.15) is 88.3 Å². The predicted octanol–water partition coefficient (Wildman–Crippen LogP) is 7.17. The summed E-state index contributed by atoms with van der Waals surface area (Å²) in [6.45, 7) is 5.39. The van der Waals surface area contributed by atoms with E-state index in [9.17, 15) is 27.2 Å². The fourth-order valence-electron chi connectivity index (χ4n) is 6.77. The Morgan fingerprint density at radius 3 is 2.44 bits per heavy atom. The highest BCUT2D eigenvalue weighted by Gasteiger charge is 2.58. The van der Waals surface area contributed by atoms with Crippen LogP contribution in [0.5, 0.6) is 0 Å². The first kappa shape index (κ1) is 35.6. The van der Waals surface area contributed by atoms with E-state index in [4.69, 9.17) is 27.1 Å². The molecule has 0 saturated heterocycles. The maximum absolute atomic E-state index is 14.9. The molecular formula is C36H37ClF4N8O3. The summed E-state index contributed by atoms with van der Waals surface area (Å²) in [7, 11) is 0. The van der Waals surface area contributed by atoms with Crippen LogP contribution < -0.4 is 5.73 Å². The van der Waals surface area contributed by atoms with E-state index in [-0.39, 0.29) is 28.7 Å². The largest absolute Gasteiger partial charge is 0.463 e. The normalized spacial score (nSPS) is 21.8. The maximum atomic E-state index is 14.9. The maximum Gasteiger partial charge on any atom is 0.306 e. The summed E-state index contributed by atoms with van der Waals surface area (Å²) in [5.41, 5.74) is 7.37. The number of carbonyl (C=O) groups excluding carboxylic acids is 2. The summed E-state index contributed by atoms with van der Waals surface area (Å²) in [6.07, 6.45) is 3.27. The Morgan fingerprint density at radius 1 is 1.10 bits per heavy atom. The zero-order chi connectivity index (χ0) is 37.2. The molecule has 2 aromatic carbocycles. The number of hydrogen-bond acceptors (Lipinski definition) is 8. The van der Waals surface area contributed by atoms with Gasteiger partial charge in [0.1, 0.15) is 12.9 Å². The number of rotatable bonds is 12. The smallest absolute Gasteiger partial charge is 0.306 e. The molecule has 7 rings (SSSR count). The quantitative estimate of drug-likeness (QED) is 0.120. The minimum Gasteiger partial charge on any atom is -0.463 e. The molecule has 0 unspecified atom stereocenters. The van der Waals surface area contributed by atoms with E-state index in [2.05, 4.69) is 15.2 Å². The Hall–Kier alpha value is -4.79. The van der Waals surface area contributed by atoms with Crippen LogP contribution in [0.15, 0.2) is 66.2 Å². The van der Waals surface area contributed by atoms with E-state index >= 15 is 0 Å². The molecule has 1 amide bonds. The number of alkyl halides is 4. The van der Waals surface area contributed by atoms with E-state index < -0.39 is 72.4 Å². The van der Waals surface area contributed by atoms with Gasteiger partial charge in [-0.25, -0.2) is 32.2 Å². The molecule has 2 fully saturated rings. The minimum atomic E-state index is -2.98. The molecule has 4 aromatic rings. The molecule has 11 nitrogen and oxygen atoms in total. The van der Waals surface area contributed by atoms with Gasteiger partial charge < -0.3 is 10.5 Å². The van der Waals surface area contributed by atoms with E-state index in [1.54, 1.807) is 6.20 Å². The van der Waals surface area contributed by atoms with Crippen molar-refractivity contribution in [2.24, 2.45) is 22.1 Å². The van der Waals surface area contributed by atoms with Crippen LogP contribution >= 0.6 is 11.6 Å². The molecule has 2 aromatic heterocycles. The third-order valence-corrected chi connectivity index (χ3v) is 9.88. The fraction of sp³-hybridized carbons (Fsp3) is 0.444. The molecule has 3 aliphatic rings. The number of ether oxygens (including phenoxy) is 1. The first-order valence-corrected chi connectivity index (χ1v) is 17.3. The van der Waals surface area contributed by atoms with Crippen LogP contribution in [0.3, 0.4) is 0 Å². The van der Waals surface area contributed by atoms with Crippen molar-refractivity contribution in [3.05, 3.63) is 83.2 Å². The number of esters is 1. The summed E-state index contributed by atoms with van der Waals surface area (Å²) in [4.78, 5) is 37.4. The molecular weight excluding hydrogens is 704 g/mol. The second kappa shape index (κ2) is 13.0. The number of guanidine groups is 1. The van der Waals surface area contributed by atoms with Crippen molar-refractivity contribution < 1.29 is 31.9 Å². The van der Waals surface area contributed by atoms with Gasteiger partial charge in [0.25, 0.3) is 18.3 Å². The number of benzene rings is 2. The molecule has 1 aliphatic heterocycles. The van der Waals surface area contributed by atoms with E-state index in [1.165, 1.54) is 23.1 Å². The van der Waals surface area contributed by atoms with Gasteiger partial charge in [0.2, 0.25) is 0 Å². The van der Waals surface area contributed by atoms with Gasteiger partial charge in [0.05, 0.1) is 35.4 Å². The van der Waals surface area contributed by atoms with Crippen LogP contribution in [-0.2, 0) is 19.9 Å². The molecule has 0 radical (unpaired) electrons. The summed E-state index contributed by atoms with van der Waals surface area (Å²) < 4.78 is 63.3. The van der Waals surface area contributed by atoms with Crippen molar-refractivity contribution in [2.45, 2.75) is 82.8 Å². The Kier molecular flexibility index (Phi) is 8.91. The van der Waals surface area contributed by atoms with Crippen LogP contribution in [-0.4, -0.2) is 59.8 Å². The zero-order valence-electron chi connectivity index (χ0n) is 28.6. The number of nitrogens with zero attached hydrogens (tertiary/aromatic N) is 7. The molecule has 2 aliphatic carbocycles. The van der Waals surface area contributed by atoms with Crippen molar-refractivity contribution in [3.8, 4) is 16.8 Å². The molecule has 3 atom stereocenters. The molecule has 274 valence electrons. The average Bonchev–Trinajstić information content (AvgIpc) is 3.81. The summed E-state index contributed by atoms with van der Waals surface area (Å²) in [5, 5.41) is 8.45. The lowest BCUT2D eigenvalue weighted by atomic mass is 9.75. The SMILES string of the molecule is CC(C)(C)C[C@]1(c2ccc(-c3cnn(C4CC4)c3)cc2)N=C(N)N([C@H](COC(=O)C[C@H]2CC2(F)F)c2ccc(Cl)c(-n3ncnc3C(F)F)c2)C1=O. The van der Waals surface area contributed by atoms with Gasteiger partial charge in [-0.3, -0.25) is 19.2 Å². The van der Waals surface area contributed by atoms with Crippen molar-refractivity contribution in [1.29, 1.82) is 0 Å². The lowest BCUT2D eigenvalue weighted by molar-refractivity contribution is -0.148. The zero-order valence-corrected chi connectivity index (χ0v) is 29.4. The molecule has 16 heteroatoms. The highest BCUT2D eigenvalue weighted by Crippen LogP contribution is 2.51. The van der Waals surface area contributed by atoms with Gasteiger partial charge in [-0.1, -0.05) is 62.7 Å². The minimum absolute atomic E-state index is 0.0182. The van der Waals surface area contributed by atoms with Crippen LogP contribution in [0.4, 0.5) is 17.6 Å². The van der Waals surface area contributed by atoms with Gasteiger partial charge in [-0.2, -0.15) is 10.2 Å². The second-order valence-electron chi connectivity index (χ2n) is 14.9. The highest BCUT2D eigenvalue weighted by atomic mass is 35.5. The molecule has 2 N–H and O–H groups in total. The fourth-order valence-corrected chi connectivity index (χ4v) is 6.96. The van der Waals surface area contributed by atoms with E-state index in [0.717, 1.165) is 35.0 Å². The number of carbonyl (C=O) groups is 2.